The van der Waals surface area contributed by atoms with Crippen molar-refractivity contribution in [3.05, 3.63) is 70.3 Å². The van der Waals surface area contributed by atoms with Crippen molar-refractivity contribution in [2.24, 2.45) is 0 Å². The van der Waals surface area contributed by atoms with Crippen LogP contribution in [-0.4, -0.2) is 68.7 Å². The summed E-state index contributed by atoms with van der Waals surface area (Å²) in [4.78, 5) is 30.5. The summed E-state index contributed by atoms with van der Waals surface area (Å²) in [7, 11) is 0. The van der Waals surface area contributed by atoms with Gasteiger partial charge >= 0.3 is 0 Å². The summed E-state index contributed by atoms with van der Waals surface area (Å²) in [6, 6.07) is 7.57. The fraction of sp³-hybridized carbons (Fsp3) is 0.407. The average molecular weight is 493 g/mol. The number of phenolic OH excluding ortho intramolecular Hbond substituents is 1. The molecule has 1 spiro atoms. The lowest BCUT2D eigenvalue weighted by atomic mass is 9.48. The van der Waals surface area contributed by atoms with Gasteiger partial charge in [0.2, 0.25) is 0 Å². The van der Waals surface area contributed by atoms with Crippen molar-refractivity contribution in [2.45, 2.75) is 54.9 Å². The predicted molar refractivity (Wildman–Crippen MR) is 128 cm³/mol. The largest absolute Gasteiger partial charge is 0.504 e. The Hall–Kier alpha value is -2.87. The maximum absolute atomic E-state index is 13.5. The second-order valence-corrected chi connectivity index (χ2v) is 10.8. The molecule has 2 N–H and O–H groups in total. The lowest BCUT2D eigenvalue weighted by Gasteiger charge is -2.64. The zero-order valence-corrected chi connectivity index (χ0v) is 19.8. The van der Waals surface area contributed by atoms with Gasteiger partial charge in [-0.25, -0.2) is 0 Å². The first-order valence-corrected chi connectivity index (χ1v) is 12.5. The third kappa shape index (κ3) is 2.39. The van der Waals surface area contributed by atoms with Crippen LogP contribution in [0.4, 0.5) is 0 Å². The van der Waals surface area contributed by atoms with E-state index in [2.05, 4.69) is 11.5 Å². The highest BCUT2D eigenvalue weighted by atomic mass is 35.5. The van der Waals surface area contributed by atoms with E-state index >= 15 is 0 Å². The molecule has 2 amide bonds. The molecule has 1 saturated carbocycles. The molecule has 8 heteroatoms. The van der Waals surface area contributed by atoms with E-state index in [9.17, 15) is 19.8 Å². The Morgan fingerprint density at radius 2 is 1.97 bits per heavy atom. The van der Waals surface area contributed by atoms with E-state index < -0.39 is 23.2 Å². The van der Waals surface area contributed by atoms with E-state index in [4.69, 9.17) is 16.3 Å². The summed E-state index contributed by atoms with van der Waals surface area (Å²) in [5, 5.41) is 23.6. The third-order valence-electron chi connectivity index (χ3n) is 9.12. The fourth-order valence-electron chi connectivity index (χ4n) is 7.79. The Kier molecular flexibility index (Phi) is 4.20. The van der Waals surface area contributed by atoms with Gasteiger partial charge in [-0.1, -0.05) is 23.7 Å². The number of fused-ring (bicyclic) bond motifs is 1. The molecule has 2 bridgehead atoms. The van der Waals surface area contributed by atoms with Crippen molar-refractivity contribution in [2.75, 3.05) is 13.1 Å². The highest BCUT2D eigenvalue weighted by molar-refractivity contribution is 6.32. The van der Waals surface area contributed by atoms with Crippen LogP contribution in [0.25, 0.3) is 0 Å². The number of aromatic hydroxyl groups is 1. The number of carbonyl (C=O) groups excluding carboxylic acids is 2. The van der Waals surface area contributed by atoms with Gasteiger partial charge in [0.05, 0.1) is 28.2 Å². The summed E-state index contributed by atoms with van der Waals surface area (Å²) in [6.45, 7) is 5.29. The van der Waals surface area contributed by atoms with Gasteiger partial charge in [0.1, 0.15) is 6.10 Å². The number of nitrogens with zero attached hydrogens (tertiary/aromatic N) is 2. The molecule has 5 aliphatic rings. The molecule has 180 valence electrons. The molecule has 3 heterocycles. The number of rotatable bonds is 3. The van der Waals surface area contributed by atoms with Gasteiger partial charge in [0, 0.05) is 23.2 Å². The van der Waals surface area contributed by atoms with E-state index in [1.165, 1.54) is 11.0 Å². The molecule has 7 nitrogen and oxygen atoms in total. The van der Waals surface area contributed by atoms with Gasteiger partial charge in [-0.3, -0.25) is 19.4 Å². The highest BCUT2D eigenvalue weighted by Gasteiger charge is 2.74. The van der Waals surface area contributed by atoms with Crippen LogP contribution in [0.3, 0.4) is 0 Å². The average Bonchev–Trinajstić information content (AvgIpc) is 3.30. The van der Waals surface area contributed by atoms with E-state index in [1.54, 1.807) is 18.2 Å². The van der Waals surface area contributed by atoms with Crippen LogP contribution in [0.15, 0.2) is 43.0 Å². The molecule has 2 aliphatic carbocycles. The first-order chi connectivity index (χ1) is 16.8. The molecule has 7 rings (SSSR count). The number of carbonyl (C=O) groups is 2. The molecule has 0 aromatic heterocycles. The lowest BCUT2D eigenvalue weighted by molar-refractivity contribution is -0.194. The van der Waals surface area contributed by atoms with Crippen LogP contribution in [0, 0.1) is 0 Å². The van der Waals surface area contributed by atoms with E-state index in [1.807, 2.05) is 12.1 Å². The Labute approximate surface area is 207 Å². The summed E-state index contributed by atoms with van der Waals surface area (Å²) >= 11 is 6.13. The van der Waals surface area contributed by atoms with Crippen molar-refractivity contribution in [1.82, 2.24) is 9.80 Å². The maximum Gasteiger partial charge on any atom is 0.261 e. The number of halogens is 1. The predicted octanol–water partition coefficient (Wildman–Crippen LogP) is 3.05. The molecule has 2 aromatic carbocycles. The van der Waals surface area contributed by atoms with Crippen molar-refractivity contribution in [3.8, 4) is 11.5 Å². The van der Waals surface area contributed by atoms with E-state index in [0.29, 0.717) is 54.1 Å². The standard InChI is InChI=1S/C27H25ClN2O5/c1-2-10-29-11-9-26-21-14-3-6-19(31)22(21)35-23(26)18(7-8-27(26,34)20(29)12-14)30-24(32)16-5-4-15(28)13-17(16)25(30)33/h2-6,13,18,20,23,31,34H,1,7-12H2/t18-,20+,23+,26+,27-/m1/s1. The number of phenols is 1. The van der Waals surface area contributed by atoms with Crippen LogP contribution in [0.1, 0.15) is 51.1 Å². The second kappa shape index (κ2) is 6.87. The number of imide groups is 1. The van der Waals surface area contributed by atoms with Crippen LogP contribution < -0.4 is 4.74 Å². The molecule has 5 atom stereocenters. The smallest absolute Gasteiger partial charge is 0.261 e. The molecule has 1 saturated heterocycles. The van der Waals surface area contributed by atoms with Crippen LogP contribution in [-0.2, 0) is 11.8 Å². The van der Waals surface area contributed by atoms with Crippen molar-refractivity contribution in [1.29, 1.82) is 0 Å². The van der Waals surface area contributed by atoms with Crippen molar-refractivity contribution >= 4 is 23.4 Å². The molecule has 2 fully saturated rings. The van der Waals surface area contributed by atoms with Gasteiger partial charge in [0.15, 0.2) is 11.5 Å². The number of likely N-dealkylation sites (tertiary alicyclic amines) is 1. The Morgan fingerprint density at radius 3 is 2.77 bits per heavy atom. The minimum absolute atomic E-state index is 0.0229. The van der Waals surface area contributed by atoms with Crippen LogP contribution in [0.5, 0.6) is 11.5 Å². The number of amides is 2. The van der Waals surface area contributed by atoms with Crippen molar-refractivity contribution < 1.29 is 24.5 Å². The number of aliphatic hydroxyl groups is 1. The maximum atomic E-state index is 13.5. The number of hydrogen-bond donors (Lipinski definition) is 2. The molecule has 2 aromatic rings. The molecular formula is C27H25ClN2O5. The summed E-state index contributed by atoms with van der Waals surface area (Å²) in [5.74, 6) is -0.350. The summed E-state index contributed by atoms with van der Waals surface area (Å²) < 4.78 is 6.49. The Balaban J connectivity index is 1.39. The monoisotopic (exact) mass is 492 g/mol. The first-order valence-electron chi connectivity index (χ1n) is 12.1. The highest BCUT2D eigenvalue weighted by Crippen LogP contribution is 2.66. The topological polar surface area (TPSA) is 90.3 Å². The number of ether oxygens (including phenoxy) is 1. The molecule has 3 aliphatic heterocycles. The third-order valence-corrected chi connectivity index (χ3v) is 9.35. The van der Waals surface area contributed by atoms with Gasteiger partial charge in [-0.2, -0.15) is 0 Å². The molecule has 0 unspecified atom stereocenters. The second-order valence-electron chi connectivity index (χ2n) is 10.4. The van der Waals surface area contributed by atoms with Crippen LogP contribution >= 0.6 is 11.6 Å². The van der Waals surface area contributed by atoms with Gasteiger partial charge in [-0.15, -0.1) is 6.58 Å². The van der Waals surface area contributed by atoms with E-state index in [-0.39, 0.29) is 23.6 Å². The van der Waals surface area contributed by atoms with Gasteiger partial charge in [0.25, 0.3) is 11.8 Å². The van der Waals surface area contributed by atoms with Gasteiger partial charge < -0.3 is 14.9 Å². The van der Waals surface area contributed by atoms with E-state index in [0.717, 1.165) is 17.7 Å². The van der Waals surface area contributed by atoms with Crippen LogP contribution in [0.2, 0.25) is 5.02 Å². The zero-order valence-electron chi connectivity index (χ0n) is 19.0. The Morgan fingerprint density at radius 1 is 1.17 bits per heavy atom. The quantitative estimate of drug-likeness (QED) is 0.505. The van der Waals surface area contributed by atoms with Gasteiger partial charge in [-0.05, 0) is 62.1 Å². The SMILES string of the molecule is C=CCN1CC[C@]23c4c5ccc(O)c4O[C@H]2[C@H](N2C(=O)c4ccc(Cl)cc4C2=O)CC[C@@]3(O)[C@@H]1C5. The van der Waals surface area contributed by atoms with Crippen molar-refractivity contribution in [3.63, 3.8) is 0 Å². The first kappa shape index (κ1) is 21.4. The molecule has 0 radical (unpaired) electrons. The fourth-order valence-corrected chi connectivity index (χ4v) is 7.96. The summed E-state index contributed by atoms with van der Waals surface area (Å²) in [5.41, 5.74) is 0.569. The minimum atomic E-state index is -1.12. The Bertz CT molecular complexity index is 1340. The zero-order chi connectivity index (χ0) is 24.3. The number of benzene rings is 2. The molecular weight excluding hydrogens is 468 g/mol. The number of hydrogen-bond acceptors (Lipinski definition) is 6. The lowest BCUT2D eigenvalue weighted by Crippen LogP contribution is -2.78. The molecule has 35 heavy (non-hydrogen) atoms. The minimum Gasteiger partial charge on any atom is -0.504 e. The normalized spacial score (nSPS) is 34.5. The number of piperidine rings is 1. The summed E-state index contributed by atoms with van der Waals surface area (Å²) in [6.07, 6.45) is 3.25.